The Morgan fingerprint density at radius 3 is 2.57 bits per heavy atom. The zero-order valence-corrected chi connectivity index (χ0v) is 16.8. The van der Waals surface area contributed by atoms with Crippen molar-refractivity contribution in [3.05, 3.63) is 72.1 Å². The Balaban J connectivity index is 1.68. The fourth-order valence-electron chi connectivity index (χ4n) is 3.74. The summed E-state index contributed by atoms with van der Waals surface area (Å²) in [5, 5.41) is 0. The Morgan fingerprint density at radius 1 is 1.07 bits per heavy atom. The summed E-state index contributed by atoms with van der Waals surface area (Å²) in [6, 6.07) is 10.8. The summed E-state index contributed by atoms with van der Waals surface area (Å²) in [5.41, 5.74) is 7.61. The van der Waals surface area contributed by atoms with Crippen LogP contribution in [0.4, 0.5) is 14.7 Å². The Hall–Kier alpha value is -2.91. The van der Waals surface area contributed by atoms with E-state index in [-0.39, 0.29) is 29.1 Å². The first-order valence-corrected chi connectivity index (χ1v) is 10.9. The number of anilines is 1. The van der Waals surface area contributed by atoms with Crippen molar-refractivity contribution in [1.29, 1.82) is 0 Å². The van der Waals surface area contributed by atoms with Gasteiger partial charge >= 0.3 is 0 Å². The number of sulfonamides is 1. The van der Waals surface area contributed by atoms with E-state index in [1.165, 1.54) is 28.6 Å². The quantitative estimate of drug-likeness (QED) is 0.684. The monoisotopic (exact) mass is 430 g/mol. The summed E-state index contributed by atoms with van der Waals surface area (Å²) in [5.74, 6) is -1.05. The highest BCUT2D eigenvalue weighted by molar-refractivity contribution is 7.89. The molecule has 0 radical (unpaired) electrons. The number of nitrogen functional groups attached to an aromatic ring is 1. The maximum absolute atomic E-state index is 13.8. The molecule has 0 saturated carbocycles. The van der Waals surface area contributed by atoms with E-state index in [9.17, 15) is 17.2 Å². The lowest BCUT2D eigenvalue weighted by Crippen LogP contribution is -2.39. The van der Waals surface area contributed by atoms with Crippen molar-refractivity contribution in [3.8, 4) is 11.1 Å². The molecule has 6 nitrogen and oxygen atoms in total. The zero-order chi connectivity index (χ0) is 21.3. The second kappa shape index (κ2) is 8.08. The summed E-state index contributed by atoms with van der Waals surface area (Å²) in [6.07, 6.45) is 2.87. The van der Waals surface area contributed by atoms with Gasteiger partial charge in [0.15, 0.2) is 0 Å². The summed E-state index contributed by atoms with van der Waals surface area (Å²) in [7, 11) is -3.78. The van der Waals surface area contributed by atoms with Gasteiger partial charge in [-0.25, -0.2) is 27.2 Å². The van der Waals surface area contributed by atoms with Crippen LogP contribution in [0.3, 0.4) is 0 Å². The average Bonchev–Trinajstić information content (AvgIpc) is 2.74. The molecular weight excluding hydrogens is 410 g/mol. The predicted molar refractivity (Wildman–Crippen MR) is 109 cm³/mol. The van der Waals surface area contributed by atoms with Crippen molar-refractivity contribution < 1.29 is 17.2 Å². The Labute approximate surface area is 173 Å². The number of nitrogens with zero attached hydrogens (tertiary/aromatic N) is 3. The first kappa shape index (κ1) is 20.4. The van der Waals surface area contributed by atoms with E-state index in [0.29, 0.717) is 36.2 Å². The summed E-state index contributed by atoms with van der Waals surface area (Å²) >= 11 is 0. The van der Waals surface area contributed by atoms with Gasteiger partial charge in [-0.05, 0) is 54.8 Å². The largest absolute Gasteiger partial charge is 0.368 e. The van der Waals surface area contributed by atoms with Crippen LogP contribution in [0.2, 0.25) is 0 Å². The van der Waals surface area contributed by atoms with Crippen LogP contribution in [0.25, 0.3) is 11.1 Å². The van der Waals surface area contributed by atoms with E-state index >= 15 is 0 Å². The minimum absolute atomic E-state index is 0.0390. The molecule has 1 unspecified atom stereocenters. The fraction of sp³-hybridized carbons (Fsp3) is 0.238. The molecule has 30 heavy (non-hydrogen) atoms. The second-order valence-electron chi connectivity index (χ2n) is 7.19. The second-order valence-corrected chi connectivity index (χ2v) is 9.13. The van der Waals surface area contributed by atoms with Crippen LogP contribution < -0.4 is 5.73 Å². The minimum Gasteiger partial charge on any atom is -0.368 e. The van der Waals surface area contributed by atoms with Crippen molar-refractivity contribution in [2.24, 2.45) is 0 Å². The van der Waals surface area contributed by atoms with Gasteiger partial charge in [0.05, 0.1) is 10.6 Å². The average molecular weight is 430 g/mol. The van der Waals surface area contributed by atoms with Crippen molar-refractivity contribution in [2.45, 2.75) is 23.7 Å². The molecule has 1 aromatic heterocycles. The molecule has 0 spiro atoms. The number of hydrogen-bond donors (Lipinski definition) is 1. The molecule has 0 amide bonds. The summed E-state index contributed by atoms with van der Waals surface area (Å²) < 4.78 is 54.4. The molecule has 1 fully saturated rings. The Morgan fingerprint density at radius 2 is 1.83 bits per heavy atom. The van der Waals surface area contributed by atoms with Gasteiger partial charge in [-0.15, -0.1) is 0 Å². The van der Waals surface area contributed by atoms with Gasteiger partial charge in [0.25, 0.3) is 0 Å². The van der Waals surface area contributed by atoms with E-state index in [1.54, 1.807) is 18.3 Å². The highest BCUT2D eigenvalue weighted by atomic mass is 32.2. The number of hydrogen-bond acceptors (Lipinski definition) is 5. The molecule has 1 atom stereocenters. The summed E-state index contributed by atoms with van der Waals surface area (Å²) in [6.45, 7) is 0.546. The fourth-order valence-corrected chi connectivity index (χ4v) is 5.26. The number of rotatable bonds is 4. The topological polar surface area (TPSA) is 89.2 Å². The molecule has 2 aromatic carbocycles. The lowest BCUT2D eigenvalue weighted by Gasteiger charge is -2.32. The maximum Gasteiger partial charge on any atom is 0.243 e. The van der Waals surface area contributed by atoms with Crippen LogP contribution in [-0.4, -0.2) is 35.8 Å². The molecule has 2 N–H and O–H groups in total. The number of aromatic nitrogens is 2. The molecule has 156 valence electrons. The molecule has 2 heterocycles. The highest BCUT2D eigenvalue weighted by Crippen LogP contribution is 2.35. The van der Waals surface area contributed by atoms with Crippen LogP contribution in [0.5, 0.6) is 0 Å². The third-order valence-electron chi connectivity index (χ3n) is 5.19. The number of nitrogens with two attached hydrogens (primary N) is 1. The van der Waals surface area contributed by atoms with Crippen molar-refractivity contribution >= 4 is 16.0 Å². The molecule has 4 rings (SSSR count). The smallest absolute Gasteiger partial charge is 0.243 e. The lowest BCUT2D eigenvalue weighted by molar-refractivity contribution is 0.313. The standard InChI is InChI=1S/C21H20F2N4O2S/c22-16-6-8-18(9-7-16)30(28,29)27-10-2-4-15(13-27)20-19(12-25-21(24)26-20)14-3-1-5-17(23)11-14/h1,3,5-9,11-12,15H,2,4,10,13H2,(H2,24,25,26). The van der Waals surface area contributed by atoms with Gasteiger partial charge in [-0.1, -0.05) is 12.1 Å². The van der Waals surface area contributed by atoms with E-state index in [0.717, 1.165) is 12.1 Å². The third-order valence-corrected chi connectivity index (χ3v) is 7.07. The number of benzene rings is 2. The highest BCUT2D eigenvalue weighted by Gasteiger charge is 2.32. The van der Waals surface area contributed by atoms with Gasteiger partial charge in [-0.3, -0.25) is 0 Å². The normalized spacial score (nSPS) is 17.7. The van der Waals surface area contributed by atoms with Crippen LogP contribution in [0.15, 0.2) is 59.6 Å². The van der Waals surface area contributed by atoms with Crippen molar-refractivity contribution in [2.75, 3.05) is 18.8 Å². The molecular formula is C21H20F2N4O2S. The van der Waals surface area contributed by atoms with Gasteiger partial charge < -0.3 is 5.73 Å². The molecule has 9 heteroatoms. The first-order valence-electron chi connectivity index (χ1n) is 9.48. The van der Waals surface area contributed by atoms with Crippen LogP contribution in [-0.2, 0) is 10.0 Å². The van der Waals surface area contributed by atoms with E-state index in [1.807, 2.05) is 0 Å². The van der Waals surface area contributed by atoms with E-state index < -0.39 is 15.8 Å². The predicted octanol–water partition coefficient (Wildman–Crippen LogP) is 3.57. The number of piperidine rings is 1. The van der Waals surface area contributed by atoms with Crippen molar-refractivity contribution in [3.63, 3.8) is 0 Å². The van der Waals surface area contributed by atoms with Gasteiger partial charge in [-0.2, -0.15) is 4.31 Å². The Bertz CT molecular complexity index is 1170. The zero-order valence-electron chi connectivity index (χ0n) is 16.0. The molecule has 1 aliphatic heterocycles. The van der Waals surface area contributed by atoms with Gasteiger partial charge in [0.1, 0.15) is 11.6 Å². The van der Waals surface area contributed by atoms with E-state index in [2.05, 4.69) is 9.97 Å². The van der Waals surface area contributed by atoms with Gasteiger partial charge in [0, 0.05) is 30.8 Å². The third kappa shape index (κ3) is 4.03. The summed E-state index contributed by atoms with van der Waals surface area (Å²) in [4.78, 5) is 8.46. The van der Waals surface area contributed by atoms with E-state index in [4.69, 9.17) is 5.73 Å². The van der Waals surface area contributed by atoms with Crippen LogP contribution in [0.1, 0.15) is 24.5 Å². The first-order chi connectivity index (χ1) is 14.3. The number of halogens is 2. The molecule has 0 aliphatic carbocycles. The Kier molecular flexibility index (Phi) is 5.48. The van der Waals surface area contributed by atoms with Crippen molar-refractivity contribution in [1.82, 2.24) is 14.3 Å². The molecule has 3 aromatic rings. The van der Waals surface area contributed by atoms with Gasteiger partial charge in [0.2, 0.25) is 16.0 Å². The molecule has 1 saturated heterocycles. The maximum atomic E-state index is 13.8. The SMILES string of the molecule is Nc1ncc(-c2cccc(F)c2)c(C2CCCN(S(=O)(=O)c3ccc(F)cc3)C2)n1. The van der Waals surface area contributed by atoms with Crippen LogP contribution in [0, 0.1) is 11.6 Å². The molecule has 1 aliphatic rings. The van der Waals surface area contributed by atoms with Crippen LogP contribution >= 0.6 is 0 Å². The minimum atomic E-state index is -3.78. The molecule has 0 bridgehead atoms. The lowest BCUT2D eigenvalue weighted by atomic mass is 9.91.